The molecule has 25 heavy (non-hydrogen) atoms. The molecule has 4 heterocycles. The average Bonchev–Trinajstić information content (AvgIpc) is 3.28. The molecule has 0 saturated heterocycles. The lowest BCUT2D eigenvalue weighted by molar-refractivity contribution is 0.315. The Kier molecular flexibility index (Phi) is 3.36. The Morgan fingerprint density at radius 3 is 2.88 bits per heavy atom. The van der Waals surface area contributed by atoms with Crippen molar-refractivity contribution in [2.45, 2.75) is 13.3 Å². The lowest BCUT2D eigenvalue weighted by atomic mass is 10.0. The summed E-state index contributed by atoms with van der Waals surface area (Å²) in [4.78, 5) is 8.75. The fourth-order valence-electron chi connectivity index (χ4n) is 2.58. The second-order valence-electron chi connectivity index (χ2n) is 5.51. The number of anilines is 1. The second kappa shape index (κ2) is 5.68. The normalized spacial score (nSPS) is 10.9. The van der Waals surface area contributed by atoms with Crippen LogP contribution in [0.5, 0.6) is 0 Å². The van der Waals surface area contributed by atoms with E-state index in [9.17, 15) is 0 Å². The first-order chi connectivity index (χ1) is 12.2. The van der Waals surface area contributed by atoms with Gasteiger partial charge in [0.15, 0.2) is 11.3 Å². The van der Waals surface area contributed by atoms with Crippen molar-refractivity contribution in [1.29, 1.82) is 5.26 Å². The fraction of sp³-hybridized carbons (Fsp3) is 0.125. The van der Waals surface area contributed by atoms with Crippen molar-refractivity contribution in [3.63, 3.8) is 0 Å². The molecule has 9 nitrogen and oxygen atoms in total. The van der Waals surface area contributed by atoms with Crippen molar-refractivity contribution < 1.29 is 4.63 Å². The quantitative estimate of drug-likeness (QED) is 0.597. The van der Waals surface area contributed by atoms with E-state index in [0.717, 1.165) is 16.8 Å². The molecule has 4 aromatic rings. The van der Waals surface area contributed by atoms with Gasteiger partial charge in [-0.2, -0.15) is 10.4 Å². The van der Waals surface area contributed by atoms with Crippen molar-refractivity contribution >= 4 is 16.9 Å². The van der Waals surface area contributed by atoms with Gasteiger partial charge in [0.2, 0.25) is 5.65 Å². The average molecular weight is 332 g/mol. The molecule has 0 aliphatic carbocycles. The minimum atomic E-state index is 0.402. The number of nitrogen functional groups attached to an aromatic ring is 1. The Bertz CT molecular complexity index is 1100. The summed E-state index contributed by atoms with van der Waals surface area (Å²) in [6, 6.07) is 5.80. The number of aromatic nitrogens is 6. The summed E-state index contributed by atoms with van der Waals surface area (Å²) in [5.41, 5.74) is 10.6. The summed E-state index contributed by atoms with van der Waals surface area (Å²) >= 11 is 0. The number of aryl methyl sites for hydroxylation is 1. The molecule has 0 unspecified atom stereocenters. The molecule has 0 bridgehead atoms. The van der Waals surface area contributed by atoms with E-state index in [4.69, 9.17) is 15.6 Å². The highest BCUT2D eigenvalue weighted by Crippen LogP contribution is 2.25. The summed E-state index contributed by atoms with van der Waals surface area (Å²) in [6.45, 7) is 1.87. The summed E-state index contributed by atoms with van der Waals surface area (Å²) < 4.78 is 6.25. The van der Waals surface area contributed by atoms with Gasteiger partial charge in [-0.15, -0.1) is 0 Å². The first-order valence-electron chi connectivity index (χ1n) is 7.43. The Hall–Kier alpha value is -3.80. The molecule has 0 saturated carbocycles. The molecule has 0 aromatic carbocycles. The van der Waals surface area contributed by atoms with Gasteiger partial charge < -0.3 is 5.73 Å². The van der Waals surface area contributed by atoms with E-state index < -0.39 is 0 Å². The maximum absolute atomic E-state index is 8.86. The third-order valence-corrected chi connectivity index (χ3v) is 3.90. The third-order valence-electron chi connectivity index (χ3n) is 3.90. The smallest absolute Gasteiger partial charge is 0.226 e. The molecule has 0 aliphatic rings. The third kappa shape index (κ3) is 2.55. The van der Waals surface area contributed by atoms with Gasteiger partial charge in [0.25, 0.3) is 0 Å². The van der Waals surface area contributed by atoms with E-state index >= 15 is 0 Å². The molecule has 0 fully saturated rings. The molecule has 9 heteroatoms. The van der Waals surface area contributed by atoms with Crippen LogP contribution in [0.2, 0.25) is 0 Å². The number of pyridine rings is 2. The summed E-state index contributed by atoms with van der Waals surface area (Å²) in [7, 11) is 0. The summed E-state index contributed by atoms with van der Waals surface area (Å²) in [6.07, 6.45) is 5.42. The lowest BCUT2D eigenvalue weighted by Gasteiger charge is -2.09. The monoisotopic (exact) mass is 332 g/mol. The van der Waals surface area contributed by atoms with Gasteiger partial charge in [0.1, 0.15) is 6.07 Å². The molecular formula is C16H12N8O. The van der Waals surface area contributed by atoms with E-state index in [1.807, 2.05) is 25.1 Å². The van der Waals surface area contributed by atoms with E-state index in [-0.39, 0.29) is 0 Å². The lowest BCUT2D eigenvalue weighted by Crippen LogP contribution is -2.04. The first-order valence-corrected chi connectivity index (χ1v) is 7.43. The number of fused-ring (bicyclic) bond motifs is 1. The SMILES string of the molecule is Cc1nc2nonc2c(N)c1Cc1ccc(-n2cc(C#N)cn2)nc1. The van der Waals surface area contributed by atoms with Crippen LogP contribution >= 0.6 is 0 Å². The summed E-state index contributed by atoms with van der Waals surface area (Å²) in [5, 5.41) is 20.5. The summed E-state index contributed by atoms with van der Waals surface area (Å²) in [5.74, 6) is 0.629. The minimum absolute atomic E-state index is 0.402. The number of rotatable bonds is 3. The Balaban J connectivity index is 1.64. The van der Waals surface area contributed by atoms with Gasteiger partial charge in [-0.3, -0.25) is 0 Å². The highest BCUT2D eigenvalue weighted by molar-refractivity contribution is 5.85. The van der Waals surface area contributed by atoms with Crippen LogP contribution in [0.25, 0.3) is 17.0 Å². The zero-order valence-electron chi connectivity index (χ0n) is 13.2. The number of hydrogen-bond donors (Lipinski definition) is 1. The minimum Gasteiger partial charge on any atom is -0.396 e. The predicted octanol–water partition coefficient (Wildman–Crippen LogP) is 1.55. The van der Waals surface area contributed by atoms with E-state index in [2.05, 4.69) is 25.4 Å². The van der Waals surface area contributed by atoms with Crippen molar-refractivity contribution in [3.05, 3.63) is 53.1 Å². The van der Waals surface area contributed by atoms with Crippen LogP contribution in [0.1, 0.15) is 22.4 Å². The molecule has 0 amide bonds. The van der Waals surface area contributed by atoms with Crippen LogP contribution < -0.4 is 5.73 Å². The van der Waals surface area contributed by atoms with Crippen LogP contribution in [0.4, 0.5) is 5.69 Å². The van der Waals surface area contributed by atoms with Gasteiger partial charge in [-0.1, -0.05) is 6.07 Å². The maximum Gasteiger partial charge on any atom is 0.226 e. The Morgan fingerprint density at radius 2 is 2.16 bits per heavy atom. The van der Waals surface area contributed by atoms with Crippen molar-refractivity contribution in [1.82, 2.24) is 30.1 Å². The molecule has 0 radical (unpaired) electrons. The Labute approximate surface area is 141 Å². The van der Waals surface area contributed by atoms with Crippen molar-refractivity contribution in [2.75, 3.05) is 5.73 Å². The maximum atomic E-state index is 8.86. The predicted molar refractivity (Wildman–Crippen MR) is 87.6 cm³/mol. The molecular weight excluding hydrogens is 320 g/mol. The van der Waals surface area contributed by atoms with Gasteiger partial charge in [0, 0.05) is 23.9 Å². The van der Waals surface area contributed by atoms with E-state index in [1.54, 1.807) is 17.1 Å². The van der Waals surface area contributed by atoms with Crippen LogP contribution in [-0.2, 0) is 6.42 Å². The second-order valence-corrected chi connectivity index (χ2v) is 5.51. The van der Waals surface area contributed by atoms with Crippen LogP contribution in [0.15, 0.2) is 35.4 Å². The molecule has 122 valence electrons. The topological polar surface area (TPSA) is 132 Å². The zero-order valence-corrected chi connectivity index (χ0v) is 13.2. The van der Waals surface area contributed by atoms with E-state index in [1.165, 1.54) is 6.20 Å². The molecule has 0 aliphatic heterocycles. The molecule has 4 aromatic heterocycles. The highest BCUT2D eigenvalue weighted by atomic mass is 16.6. The van der Waals surface area contributed by atoms with Gasteiger partial charge in [0.05, 0.1) is 23.6 Å². The van der Waals surface area contributed by atoms with Gasteiger partial charge >= 0.3 is 0 Å². The van der Waals surface area contributed by atoms with Gasteiger partial charge in [-0.05, 0) is 28.9 Å². The molecule has 0 atom stereocenters. The first kappa shape index (κ1) is 14.8. The Morgan fingerprint density at radius 1 is 1.28 bits per heavy atom. The fourth-order valence-corrected chi connectivity index (χ4v) is 2.58. The highest BCUT2D eigenvalue weighted by Gasteiger charge is 2.15. The number of nitriles is 1. The largest absolute Gasteiger partial charge is 0.396 e. The van der Waals surface area contributed by atoms with Gasteiger partial charge in [-0.25, -0.2) is 19.3 Å². The number of nitrogens with zero attached hydrogens (tertiary/aromatic N) is 7. The van der Waals surface area contributed by atoms with E-state index in [0.29, 0.717) is 34.7 Å². The van der Waals surface area contributed by atoms with Crippen LogP contribution in [0, 0.1) is 18.3 Å². The standard InChI is InChI=1S/C16H12N8O/c1-9-12(14(18)15-16(21-9)23-25-22-15)4-10-2-3-13(19-6-10)24-8-11(5-17)7-20-24/h2-3,6-8H,4,18H2,1H3. The van der Waals surface area contributed by atoms with Crippen LogP contribution in [-0.4, -0.2) is 30.1 Å². The molecule has 4 rings (SSSR count). The van der Waals surface area contributed by atoms with Crippen molar-refractivity contribution in [3.8, 4) is 11.9 Å². The zero-order chi connectivity index (χ0) is 17.4. The molecule has 2 N–H and O–H groups in total. The number of hydrogen-bond acceptors (Lipinski definition) is 8. The number of nitrogens with two attached hydrogens (primary N) is 1. The van der Waals surface area contributed by atoms with Crippen molar-refractivity contribution in [2.24, 2.45) is 0 Å². The van der Waals surface area contributed by atoms with Crippen LogP contribution in [0.3, 0.4) is 0 Å². The molecule has 0 spiro atoms.